The van der Waals surface area contributed by atoms with Gasteiger partial charge in [0.15, 0.2) is 5.78 Å². The molecule has 0 heterocycles. The second kappa shape index (κ2) is 8.79. The maximum absolute atomic E-state index is 11.7. The van der Waals surface area contributed by atoms with E-state index >= 15 is 0 Å². The van der Waals surface area contributed by atoms with Gasteiger partial charge >= 0.3 is 0 Å². The van der Waals surface area contributed by atoms with Gasteiger partial charge in [0.2, 0.25) is 5.91 Å². The molecule has 0 radical (unpaired) electrons. The monoisotopic (exact) mass is 356 g/mol. The number of carbonyl (C=O) groups is 2. The van der Waals surface area contributed by atoms with Crippen LogP contribution in [0.5, 0.6) is 5.75 Å². The van der Waals surface area contributed by atoms with Crippen LogP contribution in [0, 0.1) is 0 Å². The minimum absolute atomic E-state index is 0.0845. The molecule has 0 saturated heterocycles. The van der Waals surface area contributed by atoms with Gasteiger partial charge in [-0.2, -0.15) is 0 Å². The van der Waals surface area contributed by atoms with Crippen LogP contribution in [0.4, 0.5) is 0 Å². The Morgan fingerprint density at radius 3 is 2.83 bits per heavy atom. The molecule has 0 atom stereocenters. The smallest absolute Gasteiger partial charge is 0.238 e. The summed E-state index contributed by atoms with van der Waals surface area (Å²) in [6.45, 7) is 0.371. The molecule has 0 unspecified atom stereocenters. The highest BCUT2D eigenvalue weighted by Crippen LogP contribution is 2.27. The predicted octanol–water partition coefficient (Wildman–Crippen LogP) is 3.41. The Bertz CT molecular complexity index is 617. The van der Waals surface area contributed by atoms with Crippen molar-refractivity contribution in [3.63, 3.8) is 0 Å². The standard InChI is InChI=1S/C16H18Cl2N2O3/c17-11-6-7-15(14(18)9-11)23-8-2-5-16(22)20-19-12-3-1-4-13(21)10-12/h6-7,9-10,19H,1-5,8H2,(H,20,22). The van der Waals surface area contributed by atoms with Crippen molar-refractivity contribution in [2.24, 2.45) is 0 Å². The van der Waals surface area contributed by atoms with Crippen LogP contribution in [-0.4, -0.2) is 18.3 Å². The summed E-state index contributed by atoms with van der Waals surface area (Å²) in [5, 5.41) is 0.987. The lowest BCUT2D eigenvalue weighted by atomic mass is 10.0. The molecule has 0 fully saturated rings. The van der Waals surface area contributed by atoms with Gasteiger partial charge in [0, 0.05) is 29.6 Å². The van der Waals surface area contributed by atoms with Crippen molar-refractivity contribution in [2.75, 3.05) is 6.61 Å². The highest BCUT2D eigenvalue weighted by molar-refractivity contribution is 6.35. The normalized spacial score (nSPS) is 14.2. The lowest BCUT2D eigenvalue weighted by Gasteiger charge is -2.15. The zero-order valence-corrected chi connectivity index (χ0v) is 14.0. The van der Waals surface area contributed by atoms with E-state index in [0.29, 0.717) is 41.7 Å². The lowest BCUT2D eigenvalue weighted by Crippen LogP contribution is -2.37. The van der Waals surface area contributed by atoms with Gasteiger partial charge in [-0.15, -0.1) is 0 Å². The number of hydrogen-bond acceptors (Lipinski definition) is 4. The molecule has 1 amide bonds. The Balaban J connectivity index is 1.64. The van der Waals surface area contributed by atoms with Gasteiger partial charge in [-0.3, -0.25) is 15.0 Å². The summed E-state index contributed by atoms with van der Waals surface area (Å²) < 4.78 is 5.50. The number of rotatable bonds is 7. The molecule has 0 saturated carbocycles. The summed E-state index contributed by atoms with van der Waals surface area (Å²) in [4.78, 5) is 23.0. The van der Waals surface area contributed by atoms with Gasteiger partial charge in [-0.05, 0) is 37.5 Å². The number of benzene rings is 1. The molecule has 0 aromatic heterocycles. The van der Waals surface area contributed by atoms with Gasteiger partial charge in [0.25, 0.3) is 0 Å². The fourth-order valence-electron chi connectivity index (χ4n) is 2.11. The predicted molar refractivity (Wildman–Crippen MR) is 89.4 cm³/mol. The molecule has 1 aromatic rings. The third-order valence-corrected chi connectivity index (χ3v) is 3.80. The molecule has 124 valence electrons. The number of allylic oxidation sites excluding steroid dienone is 2. The van der Waals surface area contributed by atoms with Crippen molar-refractivity contribution in [1.82, 2.24) is 10.9 Å². The van der Waals surface area contributed by atoms with Crippen LogP contribution >= 0.6 is 23.2 Å². The zero-order valence-electron chi connectivity index (χ0n) is 12.5. The molecule has 2 N–H and O–H groups in total. The summed E-state index contributed by atoms with van der Waals surface area (Å²) in [6, 6.07) is 4.99. The summed E-state index contributed by atoms with van der Waals surface area (Å²) in [7, 11) is 0. The minimum Gasteiger partial charge on any atom is -0.492 e. The quantitative estimate of drug-likeness (QED) is 0.580. The Labute approximate surface area is 144 Å². The molecule has 1 aliphatic carbocycles. The number of halogens is 2. The maximum Gasteiger partial charge on any atom is 0.238 e. The van der Waals surface area contributed by atoms with Gasteiger partial charge in [-0.1, -0.05) is 23.2 Å². The topological polar surface area (TPSA) is 67.4 Å². The molecule has 5 nitrogen and oxygen atoms in total. The van der Waals surface area contributed by atoms with Crippen LogP contribution in [-0.2, 0) is 9.59 Å². The van der Waals surface area contributed by atoms with E-state index in [2.05, 4.69) is 10.9 Å². The molecule has 23 heavy (non-hydrogen) atoms. The first-order chi connectivity index (χ1) is 11.0. The SMILES string of the molecule is O=C1C=C(NNC(=O)CCCOc2ccc(Cl)cc2Cl)CCC1. The number of nitrogens with one attached hydrogen (secondary N) is 2. The van der Waals surface area contributed by atoms with E-state index in [0.717, 1.165) is 18.5 Å². The zero-order chi connectivity index (χ0) is 16.7. The molecular weight excluding hydrogens is 339 g/mol. The van der Waals surface area contributed by atoms with Crippen LogP contribution in [0.25, 0.3) is 0 Å². The van der Waals surface area contributed by atoms with Crippen molar-refractivity contribution < 1.29 is 14.3 Å². The Hall–Kier alpha value is -1.72. The summed E-state index contributed by atoms with van der Waals surface area (Å²) in [6.07, 6.45) is 4.54. The van der Waals surface area contributed by atoms with E-state index in [4.69, 9.17) is 27.9 Å². The Kier molecular flexibility index (Phi) is 6.74. The molecule has 0 spiro atoms. The number of hydrazine groups is 1. The number of ketones is 1. The van der Waals surface area contributed by atoms with Gasteiger partial charge in [0.05, 0.1) is 11.6 Å². The van der Waals surface area contributed by atoms with Crippen LogP contribution < -0.4 is 15.6 Å². The van der Waals surface area contributed by atoms with Gasteiger partial charge < -0.3 is 10.2 Å². The first kappa shape index (κ1) is 17.6. The van der Waals surface area contributed by atoms with Crippen molar-refractivity contribution in [1.29, 1.82) is 0 Å². The number of ether oxygens (including phenoxy) is 1. The molecule has 1 aromatic carbocycles. The van der Waals surface area contributed by atoms with E-state index in [-0.39, 0.29) is 11.7 Å². The largest absolute Gasteiger partial charge is 0.492 e. The van der Waals surface area contributed by atoms with Crippen molar-refractivity contribution in [3.8, 4) is 5.75 Å². The van der Waals surface area contributed by atoms with Crippen molar-refractivity contribution >= 4 is 34.9 Å². The van der Waals surface area contributed by atoms with E-state index in [1.165, 1.54) is 6.08 Å². The molecule has 2 rings (SSSR count). The minimum atomic E-state index is -0.158. The summed E-state index contributed by atoms with van der Waals surface area (Å²) in [5.74, 6) is 0.469. The first-order valence-electron chi connectivity index (χ1n) is 7.41. The van der Waals surface area contributed by atoms with E-state index in [9.17, 15) is 9.59 Å². The third-order valence-electron chi connectivity index (χ3n) is 3.27. The number of carbonyl (C=O) groups excluding carboxylic acids is 2. The molecule has 1 aliphatic rings. The Morgan fingerprint density at radius 2 is 2.09 bits per heavy atom. The summed E-state index contributed by atoms with van der Waals surface area (Å²) in [5.41, 5.74) is 6.12. The average Bonchev–Trinajstić information content (AvgIpc) is 2.51. The van der Waals surface area contributed by atoms with E-state index in [1.54, 1.807) is 18.2 Å². The van der Waals surface area contributed by atoms with Gasteiger partial charge in [-0.25, -0.2) is 0 Å². The fourth-order valence-corrected chi connectivity index (χ4v) is 2.57. The van der Waals surface area contributed by atoms with Crippen LogP contribution in [0.2, 0.25) is 10.0 Å². The maximum atomic E-state index is 11.7. The van der Waals surface area contributed by atoms with Gasteiger partial charge in [0.1, 0.15) is 5.75 Å². The second-order valence-corrected chi connectivity index (χ2v) is 6.03. The second-order valence-electron chi connectivity index (χ2n) is 5.19. The molecule has 7 heteroatoms. The van der Waals surface area contributed by atoms with E-state index in [1.807, 2.05) is 0 Å². The summed E-state index contributed by atoms with van der Waals surface area (Å²) >= 11 is 11.8. The third kappa shape index (κ3) is 6.12. The lowest BCUT2D eigenvalue weighted by molar-refractivity contribution is -0.122. The highest BCUT2D eigenvalue weighted by Gasteiger charge is 2.10. The fraction of sp³-hybridized carbons (Fsp3) is 0.375. The van der Waals surface area contributed by atoms with E-state index < -0.39 is 0 Å². The van der Waals surface area contributed by atoms with Crippen molar-refractivity contribution in [3.05, 3.63) is 40.0 Å². The van der Waals surface area contributed by atoms with Crippen LogP contribution in [0.15, 0.2) is 30.0 Å². The molecule has 0 bridgehead atoms. The van der Waals surface area contributed by atoms with Crippen LogP contribution in [0.1, 0.15) is 32.1 Å². The Morgan fingerprint density at radius 1 is 1.26 bits per heavy atom. The first-order valence-corrected chi connectivity index (χ1v) is 8.16. The number of amides is 1. The molecule has 0 aliphatic heterocycles. The number of hydrogen-bond donors (Lipinski definition) is 2. The average molecular weight is 357 g/mol. The highest BCUT2D eigenvalue weighted by atomic mass is 35.5. The van der Waals surface area contributed by atoms with Crippen LogP contribution in [0.3, 0.4) is 0 Å². The van der Waals surface area contributed by atoms with Crippen molar-refractivity contribution in [2.45, 2.75) is 32.1 Å². The molecular formula is C16H18Cl2N2O3.